The predicted molar refractivity (Wildman–Crippen MR) is 76.8 cm³/mol. The fourth-order valence-electron chi connectivity index (χ4n) is 2.48. The fraction of sp³-hybridized carbons (Fsp3) is 0.500. The lowest BCUT2D eigenvalue weighted by Gasteiger charge is -2.25. The van der Waals surface area contributed by atoms with Crippen LogP contribution >= 0.6 is 11.3 Å². The molecule has 2 aromatic rings. The molecule has 102 valence electrons. The molecule has 0 saturated heterocycles. The Labute approximate surface area is 117 Å². The van der Waals surface area contributed by atoms with Gasteiger partial charge in [-0.3, -0.25) is 4.90 Å². The van der Waals surface area contributed by atoms with Crippen LogP contribution in [-0.4, -0.2) is 29.5 Å². The molecule has 0 aliphatic heterocycles. The SMILES string of the molecule is CN(Cc1coc(-c2cccs2)n1)C(CN)C1CC1. The zero-order valence-electron chi connectivity index (χ0n) is 11.1. The van der Waals surface area contributed by atoms with Gasteiger partial charge in [-0.25, -0.2) is 4.98 Å². The zero-order valence-corrected chi connectivity index (χ0v) is 11.9. The standard InChI is InChI=1S/C14H19N3OS/c1-17(12(7-15)10-4-5-10)8-11-9-18-14(16-11)13-3-2-6-19-13/h2-3,6,9-10,12H,4-5,7-8,15H2,1H3. The summed E-state index contributed by atoms with van der Waals surface area (Å²) in [6.45, 7) is 1.52. The summed E-state index contributed by atoms with van der Waals surface area (Å²) in [5.41, 5.74) is 6.84. The average Bonchev–Trinajstić information content (AvgIpc) is 2.93. The van der Waals surface area contributed by atoms with E-state index in [1.807, 2.05) is 17.5 Å². The highest BCUT2D eigenvalue weighted by Crippen LogP contribution is 2.35. The maximum Gasteiger partial charge on any atom is 0.236 e. The fourth-order valence-corrected chi connectivity index (χ4v) is 3.13. The Kier molecular flexibility index (Phi) is 3.68. The third kappa shape index (κ3) is 2.88. The summed E-state index contributed by atoms with van der Waals surface area (Å²) < 4.78 is 5.54. The van der Waals surface area contributed by atoms with Crippen LogP contribution in [0, 0.1) is 5.92 Å². The third-order valence-corrected chi connectivity index (χ3v) is 4.53. The van der Waals surface area contributed by atoms with Crippen molar-refractivity contribution in [1.82, 2.24) is 9.88 Å². The summed E-state index contributed by atoms with van der Waals surface area (Å²) in [7, 11) is 2.12. The number of hydrogen-bond acceptors (Lipinski definition) is 5. The number of nitrogens with zero attached hydrogens (tertiary/aromatic N) is 2. The maximum atomic E-state index is 5.87. The quantitative estimate of drug-likeness (QED) is 0.881. The van der Waals surface area contributed by atoms with Gasteiger partial charge in [0.2, 0.25) is 5.89 Å². The Morgan fingerprint density at radius 2 is 2.42 bits per heavy atom. The number of aromatic nitrogens is 1. The number of hydrogen-bond donors (Lipinski definition) is 1. The molecule has 0 aromatic carbocycles. The Morgan fingerprint density at radius 1 is 1.58 bits per heavy atom. The highest BCUT2D eigenvalue weighted by atomic mass is 32.1. The lowest BCUT2D eigenvalue weighted by Crippen LogP contribution is -2.39. The molecule has 2 aromatic heterocycles. The summed E-state index contributed by atoms with van der Waals surface area (Å²) in [5.74, 6) is 1.49. The van der Waals surface area contributed by atoms with Crippen LogP contribution < -0.4 is 5.73 Å². The average molecular weight is 277 g/mol. The van der Waals surface area contributed by atoms with Crippen molar-refractivity contribution in [3.63, 3.8) is 0 Å². The van der Waals surface area contributed by atoms with Crippen molar-refractivity contribution >= 4 is 11.3 Å². The minimum Gasteiger partial charge on any atom is -0.444 e. The number of oxazole rings is 1. The molecule has 1 aliphatic rings. The van der Waals surface area contributed by atoms with Gasteiger partial charge in [0.15, 0.2) is 0 Å². The van der Waals surface area contributed by atoms with Gasteiger partial charge in [0.25, 0.3) is 0 Å². The van der Waals surface area contributed by atoms with E-state index in [-0.39, 0.29) is 0 Å². The van der Waals surface area contributed by atoms with Crippen LogP contribution in [0.2, 0.25) is 0 Å². The topological polar surface area (TPSA) is 55.3 Å². The van der Waals surface area contributed by atoms with Crippen molar-refractivity contribution in [2.45, 2.75) is 25.4 Å². The van der Waals surface area contributed by atoms with E-state index < -0.39 is 0 Å². The first-order chi connectivity index (χ1) is 9.28. The van der Waals surface area contributed by atoms with Crippen LogP contribution in [0.25, 0.3) is 10.8 Å². The molecule has 2 heterocycles. The molecule has 0 radical (unpaired) electrons. The second kappa shape index (κ2) is 5.45. The lowest BCUT2D eigenvalue weighted by molar-refractivity contribution is 0.213. The minimum atomic E-state index is 0.474. The maximum absolute atomic E-state index is 5.87. The Morgan fingerprint density at radius 3 is 3.05 bits per heavy atom. The van der Waals surface area contributed by atoms with Crippen LogP contribution in [0.3, 0.4) is 0 Å². The molecule has 1 saturated carbocycles. The molecule has 0 bridgehead atoms. The second-order valence-corrected chi connectivity index (χ2v) is 6.12. The van der Waals surface area contributed by atoms with Crippen LogP contribution in [0.1, 0.15) is 18.5 Å². The second-order valence-electron chi connectivity index (χ2n) is 5.18. The molecule has 0 amide bonds. The van der Waals surface area contributed by atoms with Gasteiger partial charge in [0.05, 0.1) is 10.6 Å². The predicted octanol–water partition coefficient (Wildman–Crippen LogP) is 2.57. The normalized spacial score (nSPS) is 17.0. The van der Waals surface area contributed by atoms with Gasteiger partial charge in [0.1, 0.15) is 6.26 Å². The summed E-state index contributed by atoms with van der Waals surface area (Å²) in [4.78, 5) is 7.93. The molecule has 19 heavy (non-hydrogen) atoms. The number of likely N-dealkylation sites (N-methyl/N-ethyl adjacent to an activating group) is 1. The molecule has 5 heteroatoms. The van der Waals surface area contributed by atoms with E-state index in [2.05, 4.69) is 16.9 Å². The monoisotopic (exact) mass is 277 g/mol. The van der Waals surface area contributed by atoms with Crippen LogP contribution in [0.5, 0.6) is 0 Å². The molecule has 0 spiro atoms. The largest absolute Gasteiger partial charge is 0.444 e. The smallest absolute Gasteiger partial charge is 0.236 e. The lowest BCUT2D eigenvalue weighted by atomic mass is 10.1. The van der Waals surface area contributed by atoms with E-state index in [4.69, 9.17) is 10.2 Å². The van der Waals surface area contributed by atoms with Crippen LogP contribution in [0.15, 0.2) is 28.2 Å². The van der Waals surface area contributed by atoms with E-state index >= 15 is 0 Å². The van der Waals surface area contributed by atoms with Gasteiger partial charge < -0.3 is 10.2 Å². The molecule has 2 N–H and O–H groups in total. The van der Waals surface area contributed by atoms with Gasteiger partial charge >= 0.3 is 0 Å². The summed E-state index contributed by atoms with van der Waals surface area (Å²) in [6.07, 6.45) is 4.38. The van der Waals surface area contributed by atoms with Crippen LogP contribution in [0.4, 0.5) is 0 Å². The first-order valence-electron chi connectivity index (χ1n) is 6.66. The summed E-state index contributed by atoms with van der Waals surface area (Å²) in [5, 5.41) is 2.03. The molecule has 1 atom stereocenters. The Hall–Kier alpha value is -1.17. The van der Waals surface area contributed by atoms with E-state index in [0.717, 1.165) is 29.6 Å². The highest BCUT2D eigenvalue weighted by molar-refractivity contribution is 7.13. The summed E-state index contributed by atoms with van der Waals surface area (Å²) >= 11 is 1.64. The van der Waals surface area contributed by atoms with Gasteiger partial charge in [-0.1, -0.05) is 6.07 Å². The highest BCUT2D eigenvalue weighted by Gasteiger charge is 2.33. The van der Waals surface area contributed by atoms with Crippen molar-refractivity contribution in [3.05, 3.63) is 29.5 Å². The van der Waals surface area contributed by atoms with Crippen molar-refractivity contribution in [3.8, 4) is 10.8 Å². The molecule has 4 nitrogen and oxygen atoms in total. The first kappa shape index (κ1) is 12.8. The Balaban J connectivity index is 1.66. The zero-order chi connectivity index (χ0) is 13.2. The van der Waals surface area contributed by atoms with Crippen LogP contribution in [-0.2, 0) is 6.54 Å². The molecular formula is C14H19N3OS. The third-order valence-electron chi connectivity index (χ3n) is 3.67. The summed E-state index contributed by atoms with van der Waals surface area (Å²) in [6, 6.07) is 4.51. The first-order valence-corrected chi connectivity index (χ1v) is 7.54. The van der Waals surface area contributed by atoms with Crippen molar-refractivity contribution in [2.75, 3.05) is 13.6 Å². The van der Waals surface area contributed by atoms with Crippen molar-refractivity contribution in [2.24, 2.45) is 11.7 Å². The van der Waals surface area contributed by atoms with Gasteiger partial charge in [-0.15, -0.1) is 11.3 Å². The van der Waals surface area contributed by atoms with E-state index in [9.17, 15) is 0 Å². The van der Waals surface area contributed by atoms with E-state index in [1.165, 1.54) is 12.8 Å². The van der Waals surface area contributed by atoms with Crippen molar-refractivity contribution < 1.29 is 4.42 Å². The van der Waals surface area contributed by atoms with Gasteiger partial charge in [-0.2, -0.15) is 0 Å². The molecule has 1 unspecified atom stereocenters. The van der Waals surface area contributed by atoms with Gasteiger partial charge in [0, 0.05) is 19.1 Å². The van der Waals surface area contributed by atoms with Gasteiger partial charge in [-0.05, 0) is 37.3 Å². The molecular weight excluding hydrogens is 258 g/mol. The number of nitrogens with two attached hydrogens (primary N) is 1. The molecule has 1 fully saturated rings. The van der Waals surface area contributed by atoms with Crippen molar-refractivity contribution in [1.29, 1.82) is 0 Å². The Bertz CT molecular complexity index is 519. The molecule has 3 rings (SSSR count). The minimum absolute atomic E-state index is 0.474. The number of thiophene rings is 1. The molecule has 1 aliphatic carbocycles. The van der Waals surface area contributed by atoms with E-state index in [1.54, 1.807) is 17.6 Å². The van der Waals surface area contributed by atoms with E-state index in [0.29, 0.717) is 11.9 Å². The number of rotatable bonds is 6.